The lowest BCUT2D eigenvalue weighted by atomic mass is 9.73. The Morgan fingerprint density at radius 1 is 1.46 bits per heavy atom. The third-order valence-corrected chi connectivity index (χ3v) is 3.48. The standard InChI is InChI=1S/C11H17NO/c1-7-5-11(13)8(2)9-3-4-12-6-10(7)9/h7,10,12H,3-6H2,1-2H3. The Morgan fingerprint density at radius 3 is 3.00 bits per heavy atom. The first kappa shape index (κ1) is 8.95. The second-order valence-electron chi connectivity index (χ2n) is 4.32. The average Bonchev–Trinajstić information content (AvgIpc) is 2.15. The summed E-state index contributed by atoms with van der Waals surface area (Å²) in [6, 6.07) is 0. The van der Waals surface area contributed by atoms with Crippen LogP contribution in [0.4, 0.5) is 0 Å². The molecule has 2 rings (SSSR count). The largest absolute Gasteiger partial charge is 0.316 e. The van der Waals surface area contributed by atoms with Crippen LogP contribution in [0.5, 0.6) is 0 Å². The first-order valence-electron chi connectivity index (χ1n) is 5.13. The Morgan fingerprint density at radius 2 is 2.23 bits per heavy atom. The molecule has 72 valence electrons. The number of piperidine rings is 1. The van der Waals surface area contributed by atoms with Crippen LogP contribution in [0.3, 0.4) is 0 Å². The third kappa shape index (κ3) is 1.44. The monoisotopic (exact) mass is 179 g/mol. The van der Waals surface area contributed by atoms with Crippen LogP contribution in [0.1, 0.15) is 26.7 Å². The summed E-state index contributed by atoms with van der Waals surface area (Å²) >= 11 is 0. The van der Waals surface area contributed by atoms with Crippen molar-refractivity contribution in [2.24, 2.45) is 11.8 Å². The zero-order valence-electron chi connectivity index (χ0n) is 8.39. The molecule has 2 nitrogen and oxygen atoms in total. The number of allylic oxidation sites excluding steroid dienone is 1. The maximum Gasteiger partial charge on any atom is 0.158 e. The molecule has 1 aliphatic heterocycles. The summed E-state index contributed by atoms with van der Waals surface area (Å²) in [5, 5.41) is 3.40. The van der Waals surface area contributed by atoms with Crippen molar-refractivity contribution in [3.8, 4) is 0 Å². The molecule has 2 heteroatoms. The van der Waals surface area contributed by atoms with Gasteiger partial charge in [-0.3, -0.25) is 4.79 Å². The van der Waals surface area contributed by atoms with Crippen LogP contribution in [-0.4, -0.2) is 18.9 Å². The predicted molar refractivity (Wildman–Crippen MR) is 52.5 cm³/mol. The molecule has 0 aromatic carbocycles. The summed E-state index contributed by atoms with van der Waals surface area (Å²) < 4.78 is 0. The van der Waals surface area contributed by atoms with Crippen LogP contribution in [0.2, 0.25) is 0 Å². The lowest BCUT2D eigenvalue weighted by molar-refractivity contribution is -0.117. The van der Waals surface area contributed by atoms with Gasteiger partial charge in [-0.25, -0.2) is 0 Å². The number of rotatable bonds is 0. The molecule has 1 aliphatic carbocycles. The maximum atomic E-state index is 11.6. The summed E-state index contributed by atoms with van der Waals surface area (Å²) in [6.45, 7) is 6.31. The van der Waals surface area contributed by atoms with Crippen LogP contribution < -0.4 is 5.32 Å². The third-order valence-electron chi connectivity index (χ3n) is 3.48. The van der Waals surface area contributed by atoms with Gasteiger partial charge in [-0.05, 0) is 37.3 Å². The van der Waals surface area contributed by atoms with E-state index in [0.717, 1.165) is 31.5 Å². The summed E-state index contributed by atoms with van der Waals surface area (Å²) in [5.41, 5.74) is 2.49. The molecule has 0 aromatic rings. The first-order chi connectivity index (χ1) is 6.20. The zero-order chi connectivity index (χ0) is 9.42. The van der Waals surface area contributed by atoms with Gasteiger partial charge in [0.1, 0.15) is 0 Å². The number of Topliss-reactive ketones (excluding diaryl/α,β-unsaturated/α-hetero) is 1. The van der Waals surface area contributed by atoms with Crippen molar-refractivity contribution < 1.29 is 4.79 Å². The number of carbonyl (C=O) groups is 1. The van der Waals surface area contributed by atoms with Gasteiger partial charge in [-0.1, -0.05) is 12.5 Å². The van der Waals surface area contributed by atoms with E-state index < -0.39 is 0 Å². The highest BCUT2D eigenvalue weighted by Gasteiger charge is 2.32. The summed E-state index contributed by atoms with van der Waals surface area (Å²) in [7, 11) is 0. The molecule has 2 aliphatic rings. The summed E-state index contributed by atoms with van der Waals surface area (Å²) in [5.74, 6) is 1.55. The Kier molecular flexibility index (Phi) is 2.24. The van der Waals surface area contributed by atoms with Gasteiger partial charge in [0.2, 0.25) is 0 Å². The van der Waals surface area contributed by atoms with Gasteiger partial charge in [0.15, 0.2) is 5.78 Å². The summed E-state index contributed by atoms with van der Waals surface area (Å²) in [6.07, 6.45) is 1.83. The Bertz CT molecular complexity index is 267. The molecule has 0 bridgehead atoms. The second kappa shape index (κ2) is 3.26. The number of hydrogen-bond acceptors (Lipinski definition) is 2. The van der Waals surface area contributed by atoms with Gasteiger partial charge >= 0.3 is 0 Å². The van der Waals surface area contributed by atoms with Crippen LogP contribution in [0, 0.1) is 11.8 Å². The zero-order valence-corrected chi connectivity index (χ0v) is 8.39. The lowest BCUT2D eigenvalue weighted by Gasteiger charge is -2.35. The van der Waals surface area contributed by atoms with E-state index in [1.807, 2.05) is 6.92 Å². The van der Waals surface area contributed by atoms with Crippen molar-refractivity contribution in [2.45, 2.75) is 26.7 Å². The number of nitrogens with one attached hydrogen (secondary N) is 1. The minimum Gasteiger partial charge on any atom is -0.316 e. The molecule has 1 saturated heterocycles. The van der Waals surface area contributed by atoms with Crippen molar-refractivity contribution in [3.63, 3.8) is 0 Å². The van der Waals surface area contributed by atoms with Crippen molar-refractivity contribution in [2.75, 3.05) is 13.1 Å². The number of carbonyl (C=O) groups excluding carboxylic acids is 1. The molecular formula is C11H17NO. The fourth-order valence-corrected chi connectivity index (χ4v) is 2.57. The first-order valence-corrected chi connectivity index (χ1v) is 5.13. The molecule has 1 fully saturated rings. The predicted octanol–water partition coefficient (Wildman–Crippen LogP) is 1.52. The van der Waals surface area contributed by atoms with E-state index in [1.54, 1.807) is 0 Å². The highest BCUT2D eigenvalue weighted by Crippen LogP contribution is 2.35. The number of hydrogen-bond donors (Lipinski definition) is 1. The minimum absolute atomic E-state index is 0.376. The fraction of sp³-hybridized carbons (Fsp3) is 0.727. The van der Waals surface area contributed by atoms with E-state index in [-0.39, 0.29) is 0 Å². The Balaban J connectivity index is 2.33. The van der Waals surface area contributed by atoms with Crippen LogP contribution in [0.25, 0.3) is 0 Å². The van der Waals surface area contributed by atoms with Gasteiger partial charge in [-0.2, -0.15) is 0 Å². The Hall–Kier alpha value is -0.630. The second-order valence-corrected chi connectivity index (χ2v) is 4.32. The van der Waals surface area contributed by atoms with Crippen molar-refractivity contribution >= 4 is 5.78 Å². The van der Waals surface area contributed by atoms with E-state index >= 15 is 0 Å². The normalized spacial score (nSPS) is 34.8. The van der Waals surface area contributed by atoms with E-state index in [4.69, 9.17) is 0 Å². The van der Waals surface area contributed by atoms with Gasteiger partial charge < -0.3 is 5.32 Å². The molecule has 0 spiro atoms. The van der Waals surface area contributed by atoms with Crippen LogP contribution in [0.15, 0.2) is 11.1 Å². The van der Waals surface area contributed by atoms with E-state index in [1.165, 1.54) is 5.57 Å². The van der Waals surface area contributed by atoms with E-state index in [9.17, 15) is 4.79 Å². The van der Waals surface area contributed by atoms with Gasteiger partial charge in [-0.15, -0.1) is 0 Å². The molecule has 0 amide bonds. The lowest BCUT2D eigenvalue weighted by Crippen LogP contribution is -2.39. The number of ketones is 1. The molecule has 13 heavy (non-hydrogen) atoms. The minimum atomic E-state index is 0.376. The van der Waals surface area contributed by atoms with Crippen molar-refractivity contribution in [3.05, 3.63) is 11.1 Å². The van der Waals surface area contributed by atoms with Gasteiger partial charge in [0, 0.05) is 13.0 Å². The molecule has 2 unspecified atom stereocenters. The highest BCUT2D eigenvalue weighted by molar-refractivity contribution is 5.96. The van der Waals surface area contributed by atoms with Crippen LogP contribution in [-0.2, 0) is 4.79 Å². The topological polar surface area (TPSA) is 29.1 Å². The molecule has 1 N–H and O–H groups in total. The van der Waals surface area contributed by atoms with Crippen molar-refractivity contribution in [1.29, 1.82) is 0 Å². The summed E-state index contributed by atoms with van der Waals surface area (Å²) in [4.78, 5) is 11.6. The molecule has 1 heterocycles. The van der Waals surface area contributed by atoms with Crippen LogP contribution >= 0.6 is 0 Å². The molecule has 0 saturated carbocycles. The van der Waals surface area contributed by atoms with Crippen molar-refractivity contribution in [1.82, 2.24) is 5.32 Å². The maximum absolute atomic E-state index is 11.6. The highest BCUT2D eigenvalue weighted by atomic mass is 16.1. The quantitative estimate of drug-likeness (QED) is 0.611. The smallest absolute Gasteiger partial charge is 0.158 e. The van der Waals surface area contributed by atoms with E-state index in [2.05, 4.69) is 12.2 Å². The number of fused-ring (bicyclic) bond motifs is 1. The van der Waals surface area contributed by atoms with Gasteiger partial charge in [0.25, 0.3) is 0 Å². The fourth-order valence-electron chi connectivity index (χ4n) is 2.57. The average molecular weight is 179 g/mol. The molecule has 2 atom stereocenters. The van der Waals surface area contributed by atoms with Gasteiger partial charge in [0.05, 0.1) is 0 Å². The molecule has 0 radical (unpaired) electrons. The Labute approximate surface area is 79.4 Å². The molecule has 0 aromatic heterocycles. The van der Waals surface area contributed by atoms with E-state index in [0.29, 0.717) is 17.6 Å². The SMILES string of the molecule is CC1=C2CCNCC2C(C)CC1=O. The molecular weight excluding hydrogens is 162 g/mol.